The molecule has 0 aromatic heterocycles. The molecule has 0 aliphatic heterocycles. The Balaban J connectivity index is 1.90. The summed E-state index contributed by atoms with van der Waals surface area (Å²) in [6.45, 7) is 0. The molecule has 2 aliphatic carbocycles. The number of esters is 1. The molecule has 0 saturated heterocycles. The molecule has 2 aliphatic rings. The summed E-state index contributed by atoms with van der Waals surface area (Å²) >= 11 is 0. The minimum atomic E-state index is -0.107. The average molecular weight is 182 g/mol. The molecular formula is C10H14O3. The van der Waals surface area contributed by atoms with E-state index in [4.69, 9.17) is 0 Å². The van der Waals surface area contributed by atoms with Gasteiger partial charge in [0.05, 0.1) is 13.0 Å². The molecule has 3 nitrogen and oxygen atoms in total. The van der Waals surface area contributed by atoms with Crippen molar-refractivity contribution in [3.05, 3.63) is 0 Å². The van der Waals surface area contributed by atoms with E-state index in [1.165, 1.54) is 7.11 Å². The van der Waals surface area contributed by atoms with E-state index in [0.29, 0.717) is 18.6 Å². The van der Waals surface area contributed by atoms with Crippen LogP contribution in [-0.2, 0) is 14.3 Å². The van der Waals surface area contributed by atoms with Crippen molar-refractivity contribution in [1.82, 2.24) is 0 Å². The zero-order valence-corrected chi connectivity index (χ0v) is 7.84. The van der Waals surface area contributed by atoms with Gasteiger partial charge in [0.15, 0.2) is 0 Å². The standard InChI is InChI=1S/C10H14O3/c1-13-9(12)7-4-10(5-7)3-2-8(11)6-10/h7H,2-6H2,1H3. The Morgan fingerprint density at radius 2 is 2.23 bits per heavy atom. The highest BCUT2D eigenvalue weighted by molar-refractivity contribution is 5.82. The highest BCUT2D eigenvalue weighted by atomic mass is 16.5. The van der Waals surface area contributed by atoms with Gasteiger partial charge in [0.1, 0.15) is 5.78 Å². The van der Waals surface area contributed by atoms with Crippen LogP contribution >= 0.6 is 0 Å². The van der Waals surface area contributed by atoms with Crippen LogP contribution in [0.1, 0.15) is 32.1 Å². The second-order valence-electron chi connectivity index (χ2n) is 4.34. The van der Waals surface area contributed by atoms with Crippen LogP contribution in [-0.4, -0.2) is 18.9 Å². The predicted molar refractivity (Wildman–Crippen MR) is 46.0 cm³/mol. The molecule has 0 heterocycles. The maximum atomic E-state index is 11.1. The Morgan fingerprint density at radius 1 is 1.54 bits per heavy atom. The molecule has 3 heteroatoms. The summed E-state index contributed by atoms with van der Waals surface area (Å²) in [6, 6.07) is 0. The first-order chi connectivity index (χ1) is 6.15. The van der Waals surface area contributed by atoms with Gasteiger partial charge < -0.3 is 4.74 Å². The molecule has 0 unspecified atom stereocenters. The van der Waals surface area contributed by atoms with Gasteiger partial charge in [-0.25, -0.2) is 0 Å². The summed E-state index contributed by atoms with van der Waals surface area (Å²) < 4.78 is 4.66. The Hall–Kier alpha value is -0.860. The number of methoxy groups -OCH3 is 1. The number of carbonyl (C=O) groups is 2. The van der Waals surface area contributed by atoms with E-state index >= 15 is 0 Å². The molecule has 0 N–H and O–H groups in total. The zero-order valence-electron chi connectivity index (χ0n) is 7.84. The lowest BCUT2D eigenvalue weighted by Gasteiger charge is -2.43. The van der Waals surface area contributed by atoms with Crippen molar-refractivity contribution in [3.63, 3.8) is 0 Å². The number of carbonyl (C=O) groups excluding carboxylic acids is 2. The van der Waals surface area contributed by atoms with Crippen molar-refractivity contribution < 1.29 is 14.3 Å². The van der Waals surface area contributed by atoms with E-state index in [9.17, 15) is 9.59 Å². The van der Waals surface area contributed by atoms with Crippen molar-refractivity contribution in [2.24, 2.45) is 11.3 Å². The number of ether oxygens (including phenoxy) is 1. The van der Waals surface area contributed by atoms with Gasteiger partial charge in [0, 0.05) is 12.8 Å². The van der Waals surface area contributed by atoms with E-state index in [-0.39, 0.29) is 17.3 Å². The van der Waals surface area contributed by atoms with Crippen LogP contribution < -0.4 is 0 Å². The van der Waals surface area contributed by atoms with Crippen molar-refractivity contribution in [2.75, 3.05) is 7.11 Å². The van der Waals surface area contributed by atoms with Gasteiger partial charge in [-0.2, -0.15) is 0 Å². The Morgan fingerprint density at radius 3 is 2.69 bits per heavy atom. The van der Waals surface area contributed by atoms with Crippen LogP contribution in [0.3, 0.4) is 0 Å². The highest BCUT2D eigenvalue weighted by Crippen LogP contribution is 2.55. The summed E-state index contributed by atoms with van der Waals surface area (Å²) in [5.74, 6) is 0.323. The first-order valence-corrected chi connectivity index (χ1v) is 4.75. The Bertz CT molecular complexity index is 251. The van der Waals surface area contributed by atoms with Crippen molar-refractivity contribution >= 4 is 11.8 Å². The van der Waals surface area contributed by atoms with Crippen molar-refractivity contribution in [2.45, 2.75) is 32.1 Å². The molecule has 13 heavy (non-hydrogen) atoms. The van der Waals surface area contributed by atoms with E-state index in [1.54, 1.807) is 0 Å². The Kier molecular flexibility index (Phi) is 1.90. The molecule has 0 aromatic carbocycles. The fraction of sp³-hybridized carbons (Fsp3) is 0.800. The highest BCUT2D eigenvalue weighted by Gasteiger charge is 2.51. The van der Waals surface area contributed by atoms with Gasteiger partial charge in [-0.1, -0.05) is 0 Å². The van der Waals surface area contributed by atoms with Crippen molar-refractivity contribution in [1.29, 1.82) is 0 Å². The van der Waals surface area contributed by atoms with Crippen LogP contribution in [0.25, 0.3) is 0 Å². The zero-order chi connectivity index (χ0) is 9.47. The lowest BCUT2D eigenvalue weighted by atomic mass is 9.61. The molecule has 0 bridgehead atoms. The quantitative estimate of drug-likeness (QED) is 0.574. The lowest BCUT2D eigenvalue weighted by molar-refractivity contribution is -0.154. The van der Waals surface area contributed by atoms with E-state index in [2.05, 4.69) is 4.74 Å². The minimum absolute atomic E-state index is 0.0656. The van der Waals surface area contributed by atoms with Gasteiger partial charge in [-0.15, -0.1) is 0 Å². The third kappa shape index (κ3) is 1.36. The smallest absolute Gasteiger partial charge is 0.308 e. The number of hydrogen-bond donors (Lipinski definition) is 0. The predicted octanol–water partition coefficient (Wildman–Crippen LogP) is 1.31. The molecule has 2 saturated carbocycles. The first-order valence-electron chi connectivity index (χ1n) is 4.75. The number of hydrogen-bond acceptors (Lipinski definition) is 3. The maximum Gasteiger partial charge on any atom is 0.308 e. The molecule has 1 spiro atoms. The first kappa shape index (κ1) is 8.73. The van der Waals surface area contributed by atoms with Gasteiger partial charge in [0.25, 0.3) is 0 Å². The minimum Gasteiger partial charge on any atom is -0.469 e. The molecule has 0 amide bonds. The number of Topliss-reactive ketones (excluding diaryl/α,β-unsaturated/α-hetero) is 1. The second-order valence-corrected chi connectivity index (χ2v) is 4.34. The summed E-state index contributed by atoms with van der Waals surface area (Å²) in [6.07, 6.45) is 4.13. The fourth-order valence-electron chi connectivity index (χ4n) is 2.67. The molecule has 0 radical (unpaired) electrons. The number of ketones is 1. The lowest BCUT2D eigenvalue weighted by Crippen LogP contribution is -2.40. The SMILES string of the molecule is COC(=O)C1CC2(CCC(=O)C2)C1. The molecule has 2 fully saturated rings. The van der Waals surface area contributed by atoms with E-state index in [1.807, 2.05) is 0 Å². The van der Waals surface area contributed by atoms with Gasteiger partial charge >= 0.3 is 5.97 Å². The normalized spacial score (nSPS) is 37.6. The summed E-state index contributed by atoms with van der Waals surface area (Å²) in [7, 11) is 1.42. The summed E-state index contributed by atoms with van der Waals surface area (Å²) in [5, 5.41) is 0. The third-order valence-electron chi connectivity index (χ3n) is 3.40. The number of rotatable bonds is 1. The maximum absolute atomic E-state index is 11.1. The van der Waals surface area contributed by atoms with Crippen LogP contribution in [0.4, 0.5) is 0 Å². The molecule has 0 atom stereocenters. The average Bonchev–Trinajstić information content (AvgIpc) is 2.43. The van der Waals surface area contributed by atoms with Gasteiger partial charge in [0.2, 0.25) is 0 Å². The topological polar surface area (TPSA) is 43.4 Å². The largest absolute Gasteiger partial charge is 0.469 e. The summed E-state index contributed by atoms with van der Waals surface area (Å²) in [4.78, 5) is 22.2. The van der Waals surface area contributed by atoms with Gasteiger partial charge in [-0.05, 0) is 24.7 Å². The summed E-state index contributed by atoms with van der Waals surface area (Å²) in [5.41, 5.74) is 0.190. The van der Waals surface area contributed by atoms with Crippen molar-refractivity contribution in [3.8, 4) is 0 Å². The van der Waals surface area contributed by atoms with Crippen LogP contribution in [0, 0.1) is 11.3 Å². The van der Waals surface area contributed by atoms with Gasteiger partial charge in [-0.3, -0.25) is 9.59 Å². The molecule has 2 rings (SSSR count). The van der Waals surface area contributed by atoms with Crippen LogP contribution in [0.5, 0.6) is 0 Å². The van der Waals surface area contributed by atoms with Crippen LogP contribution in [0.15, 0.2) is 0 Å². The monoisotopic (exact) mass is 182 g/mol. The Labute approximate surface area is 77.4 Å². The van der Waals surface area contributed by atoms with E-state index in [0.717, 1.165) is 19.3 Å². The fourth-order valence-corrected chi connectivity index (χ4v) is 2.67. The molecular weight excluding hydrogens is 168 g/mol. The molecule has 0 aromatic rings. The third-order valence-corrected chi connectivity index (χ3v) is 3.40. The molecule has 72 valence electrons. The second kappa shape index (κ2) is 2.82. The van der Waals surface area contributed by atoms with E-state index < -0.39 is 0 Å². The van der Waals surface area contributed by atoms with Crippen LogP contribution in [0.2, 0.25) is 0 Å².